The van der Waals surface area contributed by atoms with Gasteiger partial charge in [0.25, 0.3) is 0 Å². The molecule has 0 rings (SSSR count). The summed E-state index contributed by atoms with van der Waals surface area (Å²) in [5, 5.41) is 9.83. The molecule has 0 aliphatic carbocycles. The number of hydrogen-bond acceptors (Lipinski definition) is 3. The second kappa shape index (κ2) is 5.51. The van der Waals surface area contributed by atoms with E-state index in [1.165, 1.54) is 0 Å². The fraction of sp³-hybridized carbons (Fsp3) is 1.00. The molecule has 0 saturated carbocycles. The second-order valence-corrected chi connectivity index (χ2v) is 3.47. The molecule has 0 amide bonds. The largest absolute Gasteiger partial charge is 0.387 e. The van der Waals surface area contributed by atoms with E-state index in [4.69, 9.17) is 9.47 Å². The summed E-state index contributed by atoms with van der Waals surface area (Å²) in [6.07, 6.45) is 0.854. The minimum Gasteiger partial charge on any atom is -0.387 e. The van der Waals surface area contributed by atoms with E-state index in [1.54, 1.807) is 21.1 Å². The van der Waals surface area contributed by atoms with Crippen molar-refractivity contribution in [3.63, 3.8) is 0 Å². The van der Waals surface area contributed by atoms with Gasteiger partial charge in [-0.25, -0.2) is 0 Å². The van der Waals surface area contributed by atoms with Crippen molar-refractivity contribution in [2.45, 2.75) is 25.9 Å². The van der Waals surface area contributed by atoms with Gasteiger partial charge in [-0.05, 0) is 19.3 Å². The molecule has 0 spiro atoms. The zero-order valence-corrected chi connectivity index (χ0v) is 8.46. The summed E-state index contributed by atoms with van der Waals surface area (Å²) < 4.78 is 9.85. The molecule has 3 nitrogen and oxygen atoms in total. The Labute approximate surface area is 74.7 Å². The smallest absolute Gasteiger partial charge is 0.0878 e. The Morgan fingerprint density at radius 3 is 2.33 bits per heavy atom. The predicted octanol–water partition coefficient (Wildman–Crippen LogP) is 1.06. The van der Waals surface area contributed by atoms with E-state index in [1.807, 2.05) is 6.92 Å². The highest BCUT2D eigenvalue weighted by Crippen LogP contribution is 2.20. The van der Waals surface area contributed by atoms with Crippen molar-refractivity contribution in [2.75, 3.05) is 27.4 Å². The van der Waals surface area contributed by atoms with Gasteiger partial charge in [0.15, 0.2) is 0 Å². The molecule has 0 fully saturated rings. The first-order chi connectivity index (χ1) is 5.54. The topological polar surface area (TPSA) is 38.7 Å². The van der Waals surface area contributed by atoms with Crippen LogP contribution in [-0.4, -0.2) is 38.1 Å². The van der Waals surface area contributed by atoms with Crippen LogP contribution in [0.15, 0.2) is 0 Å². The summed E-state index contributed by atoms with van der Waals surface area (Å²) >= 11 is 0. The van der Waals surface area contributed by atoms with Crippen LogP contribution in [-0.2, 0) is 9.47 Å². The highest BCUT2D eigenvalue weighted by atomic mass is 16.5. The van der Waals surface area contributed by atoms with E-state index in [9.17, 15) is 5.11 Å². The first-order valence-corrected chi connectivity index (χ1v) is 4.25. The van der Waals surface area contributed by atoms with Gasteiger partial charge in [0.1, 0.15) is 0 Å². The Bertz CT molecular complexity index is 112. The van der Waals surface area contributed by atoms with Gasteiger partial charge in [-0.3, -0.25) is 0 Å². The lowest BCUT2D eigenvalue weighted by atomic mass is 9.89. The molecule has 1 N–H and O–H groups in total. The maximum atomic E-state index is 9.83. The highest BCUT2D eigenvalue weighted by Gasteiger charge is 2.27. The zero-order valence-electron chi connectivity index (χ0n) is 8.46. The second-order valence-electron chi connectivity index (χ2n) is 3.47. The average molecular weight is 176 g/mol. The minimum atomic E-state index is -0.743. The van der Waals surface area contributed by atoms with Crippen LogP contribution in [0.25, 0.3) is 0 Å². The summed E-state index contributed by atoms with van der Waals surface area (Å²) in [4.78, 5) is 0. The molecule has 0 aromatic carbocycles. The number of rotatable bonds is 6. The molecule has 0 aromatic rings. The van der Waals surface area contributed by atoms with Crippen LogP contribution in [0.1, 0.15) is 20.3 Å². The number of ether oxygens (including phenoxy) is 2. The standard InChI is InChI=1S/C9H20O3/c1-8(5-6-11-3)9(2,10)7-12-4/h8,10H,5-7H2,1-4H3. The summed E-state index contributed by atoms with van der Waals surface area (Å²) in [7, 11) is 3.26. The minimum absolute atomic E-state index is 0.192. The van der Waals surface area contributed by atoms with Crippen LogP contribution in [0.2, 0.25) is 0 Å². The average Bonchev–Trinajstić information content (AvgIpc) is 2.00. The van der Waals surface area contributed by atoms with E-state index in [0.29, 0.717) is 13.2 Å². The van der Waals surface area contributed by atoms with E-state index >= 15 is 0 Å². The third kappa shape index (κ3) is 4.04. The first-order valence-electron chi connectivity index (χ1n) is 4.25. The molecule has 74 valence electrons. The van der Waals surface area contributed by atoms with Crippen LogP contribution < -0.4 is 0 Å². The summed E-state index contributed by atoms with van der Waals surface area (Å²) in [5.74, 6) is 0.192. The molecule has 0 aliphatic rings. The lowest BCUT2D eigenvalue weighted by molar-refractivity contribution is -0.0613. The van der Waals surface area contributed by atoms with E-state index in [0.717, 1.165) is 6.42 Å². The van der Waals surface area contributed by atoms with Crippen molar-refractivity contribution < 1.29 is 14.6 Å². The lowest BCUT2D eigenvalue weighted by Gasteiger charge is -2.29. The van der Waals surface area contributed by atoms with Crippen LogP contribution >= 0.6 is 0 Å². The SMILES string of the molecule is COCCC(C)C(C)(O)COC. The van der Waals surface area contributed by atoms with Crippen molar-refractivity contribution >= 4 is 0 Å². The fourth-order valence-corrected chi connectivity index (χ4v) is 1.04. The lowest BCUT2D eigenvalue weighted by Crippen LogP contribution is -2.38. The van der Waals surface area contributed by atoms with Crippen molar-refractivity contribution in [1.82, 2.24) is 0 Å². The van der Waals surface area contributed by atoms with Crippen molar-refractivity contribution in [3.8, 4) is 0 Å². The molecule has 3 heteroatoms. The number of hydrogen-bond donors (Lipinski definition) is 1. The van der Waals surface area contributed by atoms with Gasteiger partial charge in [0.2, 0.25) is 0 Å². The molecule has 0 saturated heterocycles. The highest BCUT2D eigenvalue weighted by molar-refractivity contribution is 4.78. The van der Waals surface area contributed by atoms with Crippen LogP contribution in [0.3, 0.4) is 0 Å². The molecular formula is C9H20O3. The third-order valence-electron chi connectivity index (χ3n) is 2.25. The molecular weight excluding hydrogens is 156 g/mol. The normalized spacial score (nSPS) is 18.8. The molecule has 0 aromatic heterocycles. The van der Waals surface area contributed by atoms with Gasteiger partial charge >= 0.3 is 0 Å². The summed E-state index contributed by atoms with van der Waals surface area (Å²) in [6.45, 7) is 4.84. The Balaban J connectivity index is 3.79. The van der Waals surface area contributed by atoms with Gasteiger partial charge in [-0.2, -0.15) is 0 Å². The number of aliphatic hydroxyl groups is 1. The summed E-state index contributed by atoms with van der Waals surface area (Å²) in [6, 6.07) is 0. The van der Waals surface area contributed by atoms with Gasteiger partial charge in [-0.1, -0.05) is 6.92 Å². The Morgan fingerprint density at radius 2 is 1.92 bits per heavy atom. The maximum absolute atomic E-state index is 9.83. The molecule has 2 atom stereocenters. The third-order valence-corrected chi connectivity index (χ3v) is 2.25. The Morgan fingerprint density at radius 1 is 1.33 bits per heavy atom. The predicted molar refractivity (Wildman–Crippen MR) is 48.2 cm³/mol. The maximum Gasteiger partial charge on any atom is 0.0878 e. The molecule has 0 bridgehead atoms. The van der Waals surface area contributed by atoms with E-state index < -0.39 is 5.60 Å². The molecule has 12 heavy (non-hydrogen) atoms. The number of methoxy groups -OCH3 is 2. The fourth-order valence-electron chi connectivity index (χ4n) is 1.04. The monoisotopic (exact) mass is 176 g/mol. The quantitative estimate of drug-likeness (QED) is 0.657. The van der Waals surface area contributed by atoms with Gasteiger partial charge in [-0.15, -0.1) is 0 Å². The van der Waals surface area contributed by atoms with Crippen molar-refractivity contribution in [1.29, 1.82) is 0 Å². The Hall–Kier alpha value is -0.120. The molecule has 0 heterocycles. The van der Waals surface area contributed by atoms with Crippen LogP contribution in [0.4, 0.5) is 0 Å². The first kappa shape index (κ1) is 11.9. The zero-order chi connectivity index (χ0) is 9.61. The molecule has 2 unspecified atom stereocenters. The van der Waals surface area contributed by atoms with E-state index in [2.05, 4.69) is 0 Å². The molecule has 0 radical (unpaired) electrons. The molecule has 0 aliphatic heterocycles. The van der Waals surface area contributed by atoms with Crippen molar-refractivity contribution in [2.24, 2.45) is 5.92 Å². The van der Waals surface area contributed by atoms with Gasteiger partial charge < -0.3 is 14.6 Å². The van der Waals surface area contributed by atoms with Crippen molar-refractivity contribution in [3.05, 3.63) is 0 Å². The Kier molecular flexibility index (Phi) is 5.46. The summed E-state index contributed by atoms with van der Waals surface area (Å²) in [5.41, 5.74) is -0.743. The van der Waals surface area contributed by atoms with Crippen LogP contribution in [0, 0.1) is 5.92 Å². The van der Waals surface area contributed by atoms with Crippen LogP contribution in [0.5, 0.6) is 0 Å². The van der Waals surface area contributed by atoms with Gasteiger partial charge in [0.05, 0.1) is 12.2 Å². The van der Waals surface area contributed by atoms with E-state index in [-0.39, 0.29) is 5.92 Å². The van der Waals surface area contributed by atoms with Gasteiger partial charge in [0, 0.05) is 20.8 Å².